The number of H-pyrrole nitrogens is 1. The number of rotatable bonds is 2. The van der Waals surface area contributed by atoms with Crippen LogP contribution in [0.15, 0.2) is 51.5 Å². The van der Waals surface area contributed by atoms with Gasteiger partial charge in [-0.25, -0.2) is 0 Å². The Morgan fingerprint density at radius 1 is 1.05 bits per heavy atom. The average Bonchev–Trinajstić information content (AvgIpc) is 2.83. The molecule has 0 aliphatic carbocycles. The average molecular weight is 505 g/mol. The summed E-state index contributed by atoms with van der Waals surface area (Å²) in [4.78, 5) is 15.9. The molecule has 0 unspecified atom stereocenters. The lowest BCUT2D eigenvalue weighted by molar-refractivity contribution is 0.103. The van der Waals surface area contributed by atoms with Gasteiger partial charge in [-0.2, -0.15) is 0 Å². The van der Waals surface area contributed by atoms with Gasteiger partial charge >= 0.3 is 0 Å². The maximum absolute atomic E-state index is 12.7. The van der Waals surface area contributed by atoms with Gasteiger partial charge in [0.25, 0.3) is 0 Å². The molecule has 2 nitrogen and oxygen atoms in total. The van der Waals surface area contributed by atoms with Gasteiger partial charge in [-0.1, -0.05) is 37.9 Å². The predicted molar refractivity (Wildman–Crippen MR) is 96.3 cm³/mol. The molecule has 0 amide bonds. The van der Waals surface area contributed by atoms with Crippen LogP contribution >= 0.6 is 54.5 Å². The van der Waals surface area contributed by atoms with Gasteiger partial charge in [-0.05, 0) is 52.9 Å². The molecule has 0 radical (unpaired) electrons. The van der Waals surface area contributed by atoms with E-state index in [9.17, 15) is 4.79 Å². The van der Waals surface area contributed by atoms with Gasteiger partial charge in [0.2, 0.25) is 0 Å². The summed E-state index contributed by atoms with van der Waals surface area (Å²) < 4.78 is 2.84. The Morgan fingerprint density at radius 3 is 2.65 bits per heavy atom. The first-order valence-corrected chi connectivity index (χ1v) is 8.49. The maximum atomic E-state index is 12.7. The highest BCUT2D eigenvalue weighted by Gasteiger charge is 2.17. The van der Waals surface area contributed by atoms with Crippen LogP contribution in [0, 0.1) is 3.57 Å². The highest BCUT2D eigenvalue weighted by molar-refractivity contribution is 14.1. The Labute approximate surface area is 146 Å². The van der Waals surface area contributed by atoms with Crippen LogP contribution in [-0.4, -0.2) is 10.8 Å². The molecule has 0 saturated heterocycles. The van der Waals surface area contributed by atoms with Gasteiger partial charge in [0.05, 0.1) is 0 Å². The topological polar surface area (TPSA) is 32.9 Å². The van der Waals surface area contributed by atoms with Crippen LogP contribution in [0.5, 0.6) is 0 Å². The molecule has 1 aromatic heterocycles. The van der Waals surface area contributed by atoms with E-state index < -0.39 is 0 Å². The quantitative estimate of drug-likeness (QED) is 0.361. The van der Waals surface area contributed by atoms with Crippen molar-refractivity contribution in [1.29, 1.82) is 0 Å². The number of benzene rings is 2. The van der Waals surface area contributed by atoms with Gasteiger partial charge in [0, 0.05) is 40.7 Å². The number of carbonyl (C=O) groups is 1. The molecule has 5 heteroatoms. The molecule has 0 aliphatic rings. The minimum atomic E-state index is 0.0176. The monoisotopic (exact) mass is 503 g/mol. The first-order chi connectivity index (χ1) is 9.56. The number of nitrogens with one attached hydrogen (secondary N) is 1. The second kappa shape index (κ2) is 5.61. The Morgan fingerprint density at radius 2 is 1.85 bits per heavy atom. The van der Waals surface area contributed by atoms with Crippen molar-refractivity contribution in [3.05, 3.63) is 66.2 Å². The highest BCUT2D eigenvalue weighted by atomic mass is 127. The standard InChI is InChI=1S/C15H8Br2INO/c16-8-1-3-10-12(7-19-14(10)5-8)15(20)11-6-9(18)2-4-13(11)17/h1-7,19H. The second-order valence-electron chi connectivity index (χ2n) is 4.35. The minimum Gasteiger partial charge on any atom is -0.360 e. The van der Waals surface area contributed by atoms with E-state index in [0.29, 0.717) is 11.1 Å². The van der Waals surface area contributed by atoms with E-state index in [2.05, 4.69) is 59.4 Å². The summed E-state index contributed by atoms with van der Waals surface area (Å²) in [5, 5.41) is 0.934. The van der Waals surface area contributed by atoms with Crippen LogP contribution in [0.1, 0.15) is 15.9 Å². The van der Waals surface area contributed by atoms with Crippen LogP contribution in [0.4, 0.5) is 0 Å². The first-order valence-electron chi connectivity index (χ1n) is 5.82. The van der Waals surface area contributed by atoms with E-state index in [1.165, 1.54) is 0 Å². The molecule has 0 saturated carbocycles. The summed E-state index contributed by atoms with van der Waals surface area (Å²) >= 11 is 9.09. The first kappa shape index (κ1) is 14.3. The number of aromatic amines is 1. The van der Waals surface area contributed by atoms with Crippen LogP contribution in [0.3, 0.4) is 0 Å². The molecule has 0 spiro atoms. The Balaban J connectivity index is 2.15. The fourth-order valence-electron chi connectivity index (χ4n) is 2.10. The summed E-state index contributed by atoms with van der Waals surface area (Å²) in [5.41, 5.74) is 2.32. The Hall–Kier alpha value is -0.660. The van der Waals surface area contributed by atoms with Crippen molar-refractivity contribution < 1.29 is 4.79 Å². The van der Waals surface area contributed by atoms with Crippen LogP contribution in [0.2, 0.25) is 0 Å². The zero-order chi connectivity index (χ0) is 14.3. The molecule has 20 heavy (non-hydrogen) atoms. The van der Waals surface area contributed by atoms with E-state index in [1.54, 1.807) is 6.20 Å². The predicted octanol–water partition coefficient (Wildman–Crippen LogP) is 5.53. The fraction of sp³-hybridized carbons (Fsp3) is 0. The number of aromatic nitrogens is 1. The number of carbonyl (C=O) groups excluding carboxylic acids is 1. The molecule has 3 aromatic rings. The number of hydrogen-bond donors (Lipinski definition) is 1. The molecular formula is C15H8Br2INO. The van der Waals surface area contributed by atoms with Crippen LogP contribution in [0.25, 0.3) is 10.9 Å². The number of hydrogen-bond acceptors (Lipinski definition) is 1. The molecule has 1 N–H and O–H groups in total. The molecule has 0 fully saturated rings. The number of fused-ring (bicyclic) bond motifs is 1. The van der Waals surface area contributed by atoms with E-state index in [1.807, 2.05) is 36.4 Å². The molecule has 0 atom stereocenters. The van der Waals surface area contributed by atoms with Gasteiger partial charge in [-0.15, -0.1) is 0 Å². The van der Waals surface area contributed by atoms with Gasteiger partial charge in [-0.3, -0.25) is 4.79 Å². The van der Waals surface area contributed by atoms with E-state index >= 15 is 0 Å². The van der Waals surface area contributed by atoms with Gasteiger partial charge < -0.3 is 4.98 Å². The van der Waals surface area contributed by atoms with Crippen molar-refractivity contribution in [2.45, 2.75) is 0 Å². The zero-order valence-electron chi connectivity index (χ0n) is 10.1. The van der Waals surface area contributed by atoms with E-state index in [0.717, 1.165) is 23.4 Å². The SMILES string of the molecule is O=C(c1cc(I)ccc1Br)c1c[nH]c2cc(Br)ccc12. The summed E-state index contributed by atoms with van der Waals surface area (Å²) in [6, 6.07) is 11.6. The number of ketones is 1. The fourth-order valence-corrected chi connectivity index (χ4v) is 3.38. The summed E-state index contributed by atoms with van der Waals surface area (Å²) in [7, 11) is 0. The molecule has 1 heterocycles. The van der Waals surface area contributed by atoms with Crippen molar-refractivity contribution in [3.8, 4) is 0 Å². The molecule has 3 rings (SSSR count). The minimum absolute atomic E-state index is 0.0176. The molecule has 0 aliphatic heterocycles. The van der Waals surface area contributed by atoms with Crippen molar-refractivity contribution in [3.63, 3.8) is 0 Å². The lowest BCUT2D eigenvalue weighted by atomic mass is 10.0. The third-order valence-electron chi connectivity index (χ3n) is 3.06. The normalized spacial score (nSPS) is 10.9. The summed E-state index contributed by atoms with van der Waals surface area (Å²) in [6.07, 6.45) is 1.77. The Kier molecular flexibility index (Phi) is 4.01. The van der Waals surface area contributed by atoms with Crippen molar-refractivity contribution in [1.82, 2.24) is 4.98 Å². The van der Waals surface area contributed by atoms with Crippen molar-refractivity contribution in [2.24, 2.45) is 0 Å². The summed E-state index contributed by atoms with van der Waals surface area (Å²) in [5.74, 6) is 0.0176. The van der Waals surface area contributed by atoms with Gasteiger partial charge in [0.1, 0.15) is 0 Å². The highest BCUT2D eigenvalue weighted by Crippen LogP contribution is 2.27. The lowest BCUT2D eigenvalue weighted by Gasteiger charge is -2.04. The van der Waals surface area contributed by atoms with Crippen molar-refractivity contribution in [2.75, 3.05) is 0 Å². The zero-order valence-corrected chi connectivity index (χ0v) is 15.4. The van der Waals surface area contributed by atoms with Crippen LogP contribution in [-0.2, 0) is 0 Å². The second-order valence-corrected chi connectivity index (χ2v) is 7.36. The van der Waals surface area contributed by atoms with Crippen molar-refractivity contribution >= 4 is 71.1 Å². The third kappa shape index (κ3) is 2.58. The molecular weight excluding hydrogens is 497 g/mol. The Bertz CT molecular complexity index is 826. The largest absolute Gasteiger partial charge is 0.360 e. The van der Waals surface area contributed by atoms with E-state index in [-0.39, 0.29) is 5.78 Å². The smallest absolute Gasteiger partial charge is 0.196 e. The maximum Gasteiger partial charge on any atom is 0.196 e. The third-order valence-corrected chi connectivity index (χ3v) is 4.92. The van der Waals surface area contributed by atoms with E-state index in [4.69, 9.17) is 0 Å². The molecule has 0 bridgehead atoms. The van der Waals surface area contributed by atoms with Crippen LogP contribution < -0.4 is 0 Å². The van der Waals surface area contributed by atoms with Gasteiger partial charge in [0.15, 0.2) is 5.78 Å². The molecule has 2 aromatic carbocycles. The molecule has 100 valence electrons. The number of halogens is 3. The summed E-state index contributed by atoms with van der Waals surface area (Å²) in [6.45, 7) is 0. The lowest BCUT2D eigenvalue weighted by Crippen LogP contribution is -2.02.